The van der Waals surface area contributed by atoms with Gasteiger partial charge in [0.05, 0.1) is 21.9 Å². The normalized spacial score (nSPS) is 11.4. The average molecular weight is 632 g/mol. The van der Waals surface area contributed by atoms with Crippen LogP contribution in [-0.4, -0.2) is 24.9 Å². The van der Waals surface area contributed by atoms with Gasteiger partial charge in [0.15, 0.2) is 0 Å². The summed E-state index contributed by atoms with van der Waals surface area (Å²) >= 11 is 0. The molecule has 0 aliphatic carbocycles. The molecular formula is C35H34FNO7S. The molecule has 0 bridgehead atoms. The van der Waals surface area contributed by atoms with Crippen LogP contribution >= 0.6 is 0 Å². The Labute approximate surface area is 262 Å². The summed E-state index contributed by atoms with van der Waals surface area (Å²) < 4.78 is 49.4. The van der Waals surface area contributed by atoms with Crippen LogP contribution < -0.4 is 9.30 Å². The molecule has 8 nitrogen and oxygen atoms in total. The molecule has 5 rings (SSSR count). The Hall–Kier alpha value is -4.67. The third-order valence-corrected chi connectivity index (χ3v) is 7.31. The number of carbonyl (C=O) groups is 2. The van der Waals surface area contributed by atoms with E-state index in [0.717, 1.165) is 38.5 Å². The highest BCUT2D eigenvalue weighted by molar-refractivity contribution is 7.80. The quantitative estimate of drug-likeness (QED) is 0.0472. The number of carbonyl (C=O) groups excluding carboxylic acids is 2. The second-order valence-electron chi connectivity index (χ2n) is 11.1. The van der Waals surface area contributed by atoms with Crippen LogP contribution in [0.2, 0.25) is 0 Å². The summed E-state index contributed by atoms with van der Waals surface area (Å²) in [6.45, 7) is 8.31. The van der Waals surface area contributed by atoms with E-state index in [0.29, 0.717) is 16.9 Å². The first-order chi connectivity index (χ1) is 21.3. The van der Waals surface area contributed by atoms with Gasteiger partial charge in [-0.25, -0.2) is 18.0 Å². The van der Waals surface area contributed by atoms with Crippen LogP contribution in [0.3, 0.4) is 0 Å². The van der Waals surface area contributed by atoms with Gasteiger partial charge in [0.1, 0.15) is 19.4 Å². The van der Waals surface area contributed by atoms with E-state index in [2.05, 4.69) is 4.57 Å². The number of halogens is 1. The Morgan fingerprint density at radius 2 is 1.22 bits per heavy atom. The van der Waals surface area contributed by atoms with Crippen molar-refractivity contribution in [1.29, 1.82) is 0 Å². The summed E-state index contributed by atoms with van der Waals surface area (Å²) in [7, 11) is -3.41. The summed E-state index contributed by atoms with van der Waals surface area (Å²) in [5.41, 5.74) is 5.37. The van der Waals surface area contributed by atoms with Crippen molar-refractivity contribution in [3.63, 3.8) is 0 Å². The summed E-state index contributed by atoms with van der Waals surface area (Å²) in [5, 5.41) is 1.65. The number of aromatic nitrogens is 1. The number of ether oxygens (including phenoxy) is 2. The van der Waals surface area contributed by atoms with E-state index in [1.165, 1.54) is 0 Å². The number of aryl methyl sites for hydroxylation is 1. The fourth-order valence-electron chi connectivity index (χ4n) is 5.17. The minimum absolute atomic E-state index is 0.00392. The van der Waals surface area contributed by atoms with Crippen molar-refractivity contribution in [3.8, 4) is 5.75 Å². The van der Waals surface area contributed by atoms with Crippen LogP contribution in [0.4, 0.5) is 3.89 Å². The number of benzene rings is 4. The molecule has 5 aromatic rings. The monoisotopic (exact) mass is 631 g/mol. The Kier molecular flexibility index (Phi) is 10.3. The van der Waals surface area contributed by atoms with Gasteiger partial charge < -0.3 is 14.0 Å². The van der Waals surface area contributed by atoms with E-state index in [-0.39, 0.29) is 18.4 Å². The van der Waals surface area contributed by atoms with Crippen LogP contribution in [0.1, 0.15) is 76.9 Å². The zero-order valence-electron chi connectivity index (χ0n) is 25.6. The number of rotatable bonds is 7. The van der Waals surface area contributed by atoms with Crippen LogP contribution in [0.5, 0.6) is 5.75 Å². The Balaban J connectivity index is 0.000000854. The van der Waals surface area contributed by atoms with Gasteiger partial charge in [-0.2, -0.15) is 4.57 Å². The third-order valence-electron chi connectivity index (χ3n) is 7.31. The molecular weight excluding hydrogens is 597 g/mol. The largest absolute Gasteiger partial charge is 0.722 e. The van der Waals surface area contributed by atoms with Gasteiger partial charge in [0, 0.05) is 12.1 Å². The molecule has 1 aromatic heterocycles. The first kappa shape index (κ1) is 33.2. The Bertz CT molecular complexity index is 1880. The van der Waals surface area contributed by atoms with Gasteiger partial charge in [0.25, 0.3) is 10.5 Å². The minimum atomic E-state index is -5.42. The molecule has 0 saturated carbocycles. The van der Waals surface area contributed by atoms with Crippen molar-refractivity contribution in [2.75, 3.05) is 0 Å². The van der Waals surface area contributed by atoms with E-state index in [4.69, 9.17) is 22.4 Å². The molecule has 10 heteroatoms. The van der Waals surface area contributed by atoms with Crippen LogP contribution in [0.25, 0.3) is 21.8 Å². The fraction of sp³-hybridized carbons (Fsp3) is 0.229. The molecule has 0 spiro atoms. The molecule has 4 aromatic carbocycles. The predicted molar refractivity (Wildman–Crippen MR) is 169 cm³/mol. The highest BCUT2D eigenvalue weighted by atomic mass is 32.3. The maximum Gasteiger partial charge on any atom is 0.345 e. The number of nitrogens with zero attached hydrogens (tertiary/aromatic N) is 1. The standard InChI is InChI=1S/C35H34NO4.FHO3S/c1-22(2)28-19-25(34(37)39-21-24-13-7-6-8-14-24)20-29(23(3)4)33(28)40-35(38)32-26-15-9-11-17-30(26)36(5)31-18-12-10-16-27(31)32;1-5(2,3)4/h6-20,22-23H,21H2,1-5H3;(H,2,3,4)/q+1;/p-1. The molecule has 45 heavy (non-hydrogen) atoms. The lowest BCUT2D eigenvalue weighted by molar-refractivity contribution is -0.617. The van der Waals surface area contributed by atoms with Crippen molar-refractivity contribution in [3.05, 3.63) is 119 Å². The van der Waals surface area contributed by atoms with Gasteiger partial charge in [-0.15, -0.1) is 3.89 Å². The van der Waals surface area contributed by atoms with E-state index in [9.17, 15) is 13.5 Å². The molecule has 0 unspecified atom stereocenters. The highest BCUT2D eigenvalue weighted by Crippen LogP contribution is 2.37. The zero-order valence-corrected chi connectivity index (χ0v) is 26.4. The molecule has 0 saturated heterocycles. The van der Waals surface area contributed by atoms with Crippen molar-refractivity contribution in [2.45, 2.75) is 46.1 Å². The smallest absolute Gasteiger partial charge is 0.345 e. The van der Waals surface area contributed by atoms with Crippen LogP contribution in [0, 0.1) is 0 Å². The number of hydrogen-bond acceptors (Lipinski definition) is 7. The molecule has 0 N–H and O–H groups in total. The fourth-order valence-corrected chi connectivity index (χ4v) is 5.17. The average Bonchev–Trinajstić information content (AvgIpc) is 2.99. The lowest BCUT2D eigenvalue weighted by Gasteiger charge is -2.21. The third kappa shape index (κ3) is 8.09. The van der Waals surface area contributed by atoms with Gasteiger partial charge >= 0.3 is 11.9 Å². The maximum absolute atomic E-state index is 14.1. The van der Waals surface area contributed by atoms with Gasteiger partial charge in [-0.3, -0.25) is 0 Å². The van der Waals surface area contributed by atoms with E-state index in [1.807, 2.05) is 114 Å². The SMILES string of the molecule is CC(C)c1cc(C(=O)OCc2ccccc2)cc(C(C)C)c1OC(=O)c1c2ccccc2[n+](C)c2ccccc12.O=S(=O)([O-])F. The van der Waals surface area contributed by atoms with E-state index < -0.39 is 22.4 Å². The molecule has 1 heterocycles. The summed E-state index contributed by atoms with van der Waals surface area (Å²) in [6.07, 6.45) is 0. The topological polar surface area (TPSA) is 114 Å². The molecule has 0 atom stereocenters. The van der Waals surface area contributed by atoms with E-state index >= 15 is 0 Å². The summed E-state index contributed by atoms with van der Waals surface area (Å²) in [6, 6.07) is 28.9. The number of para-hydroxylation sites is 2. The lowest BCUT2D eigenvalue weighted by atomic mass is 9.91. The number of hydrogen-bond donors (Lipinski definition) is 0. The lowest BCUT2D eigenvalue weighted by Crippen LogP contribution is -2.31. The number of pyridine rings is 1. The molecule has 234 valence electrons. The van der Waals surface area contributed by atoms with Gasteiger partial charge in [-0.05, 0) is 52.8 Å². The molecule has 0 radical (unpaired) electrons. The summed E-state index contributed by atoms with van der Waals surface area (Å²) in [4.78, 5) is 27.2. The van der Waals surface area contributed by atoms with Gasteiger partial charge in [-0.1, -0.05) is 82.3 Å². The minimum Gasteiger partial charge on any atom is -0.722 e. The summed E-state index contributed by atoms with van der Waals surface area (Å²) in [5.74, 6) is -0.307. The molecule has 0 aliphatic heterocycles. The number of fused-ring (bicyclic) bond motifs is 2. The number of esters is 2. The first-order valence-electron chi connectivity index (χ1n) is 14.3. The molecule has 0 amide bonds. The molecule has 0 fully saturated rings. The molecule has 0 aliphatic rings. The maximum atomic E-state index is 14.1. The second kappa shape index (κ2) is 14.0. The van der Waals surface area contributed by atoms with Crippen molar-refractivity contribution >= 4 is 44.2 Å². The van der Waals surface area contributed by atoms with Gasteiger partial charge in [0.2, 0.25) is 11.0 Å². The Morgan fingerprint density at radius 3 is 1.69 bits per heavy atom. The predicted octanol–water partition coefficient (Wildman–Crippen LogP) is 7.06. The first-order valence-corrected chi connectivity index (χ1v) is 15.6. The van der Waals surface area contributed by atoms with Crippen LogP contribution in [-0.2, 0) is 28.9 Å². The van der Waals surface area contributed by atoms with Crippen molar-refractivity contribution < 1.29 is 40.5 Å². The van der Waals surface area contributed by atoms with Crippen molar-refractivity contribution in [1.82, 2.24) is 0 Å². The van der Waals surface area contributed by atoms with E-state index in [1.54, 1.807) is 12.1 Å². The van der Waals surface area contributed by atoms with Crippen LogP contribution in [0.15, 0.2) is 91.0 Å². The highest BCUT2D eigenvalue weighted by Gasteiger charge is 2.27. The van der Waals surface area contributed by atoms with Crippen molar-refractivity contribution in [2.24, 2.45) is 7.05 Å². The zero-order chi connectivity index (χ0) is 32.9. The Morgan fingerprint density at radius 1 is 0.778 bits per heavy atom. The second-order valence-corrected chi connectivity index (χ2v) is 11.9.